The first-order valence-electron chi connectivity index (χ1n) is 7.36. The second kappa shape index (κ2) is 7.92. The lowest BCUT2D eigenvalue weighted by molar-refractivity contribution is 1.11. The minimum atomic E-state index is 0.115. The topological polar surface area (TPSA) is 86.5 Å². The van der Waals surface area contributed by atoms with Gasteiger partial charge in [-0.1, -0.05) is 55.8 Å². The number of nitrogens with zero attached hydrogens (tertiary/aromatic N) is 3. The van der Waals surface area contributed by atoms with Crippen molar-refractivity contribution in [3.63, 3.8) is 0 Å². The second-order valence-electron chi connectivity index (χ2n) is 5.21. The molecule has 3 rings (SSSR count). The third kappa shape index (κ3) is 3.76. The Morgan fingerprint density at radius 3 is 1.92 bits per heavy atom. The van der Waals surface area contributed by atoms with Gasteiger partial charge >= 0.3 is 0 Å². The molecule has 0 fully saturated rings. The Morgan fingerprint density at radius 2 is 1.38 bits per heavy atom. The highest BCUT2D eigenvalue weighted by atomic mass is 79.9. The van der Waals surface area contributed by atoms with E-state index in [1.54, 1.807) is 0 Å². The Hall–Kier alpha value is -2.32. The molecule has 0 amide bonds. The SMILES string of the molecule is N#Cc1c(N)nc(Sc2ccc(Br)cc2)c(C#N)c1-c1ccc(Br)cc1. The Balaban J connectivity index is 2.21. The molecule has 3 aromatic rings. The number of benzene rings is 2. The van der Waals surface area contributed by atoms with Crippen LogP contribution in [0.15, 0.2) is 67.4 Å². The van der Waals surface area contributed by atoms with Crippen molar-refractivity contribution in [2.45, 2.75) is 9.92 Å². The highest BCUT2D eigenvalue weighted by Gasteiger charge is 2.20. The van der Waals surface area contributed by atoms with Crippen LogP contribution in [0.25, 0.3) is 11.1 Å². The van der Waals surface area contributed by atoms with Crippen molar-refractivity contribution < 1.29 is 0 Å². The van der Waals surface area contributed by atoms with Crippen LogP contribution >= 0.6 is 43.6 Å². The highest BCUT2D eigenvalue weighted by molar-refractivity contribution is 9.10. The number of anilines is 1. The lowest BCUT2D eigenvalue weighted by atomic mass is 9.97. The number of nitrogen functional groups attached to an aromatic ring is 1. The van der Waals surface area contributed by atoms with Crippen molar-refractivity contribution in [2.24, 2.45) is 0 Å². The molecule has 0 radical (unpaired) electrons. The molecule has 0 aliphatic rings. The van der Waals surface area contributed by atoms with E-state index in [1.807, 2.05) is 48.5 Å². The molecule has 2 N–H and O–H groups in total. The van der Waals surface area contributed by atoms with Crippen molar-refractivity contribution in [3.8, 4) is 23.3 Å². The molecule has 0 atom stereocenters. The summed E-state index contributed by atoms with van der Waals surface area (Å²) < 4.78 is 1.87. The van der Waals surface area contributed by atoms with Crippen LogP contribution < -0.4 is 5.73 Å². The Morgan fingerprint density at radius 1 is 0.846 bits per heavy atom. The highest BCUT2D eigenvalue weighted by Crippen LogP contribution is 2.38. The molecule has 7 heteroatoms. The summed E-state index contributed by atoms with van der Waals surface area (Å²) in [6.07, 6.45) is 0. The number of hydrogen-bond donors (Lipinski definition) is 1. The number of aromatic nitrogens is 1. The summed E-state index contributed by atoms with van der Waals surface area (Å²) >= 11 is 8.13. The van der Waals surface area contributed by atoms with Crippen molar-refractivity contribution in [2.75, 3.05) is 5.73 Å². The molecule has 26 heavy (non-hydrogen) atoms. The number of pyridine rings is 1. The molecule has 0 spiro atoms. The van der Waals surface area contributed by atoms with E-state index in [0.717, 1.165) is 19.4 Å². The smallest absolute Gasteiger partial charge is 0.143 e. The molecule has 0 saturated carbocycles. The van der Waals surface area contributed by atoms with E-state index in [4.69, 9.17) is 5.73 Å². The van der Waals surface area contributed by atoms with E-state index in [0.29, 0.717) is 16.2 Å². The van der Waals surface area contributed by atoms with Crippen molar-refractivity contribution in [1.29, 1.82) is 10.5 Å². The van der Waals surface area contributed by atoms with Crippen LogP contribution in [0.5, 0.6) is 0 Å². The minimum absolute atomic E-state index is 0.115. The van der Waals surface area contributed by atoms with Gasteiger partial charge in [0.1, 0.15) is 28.5 Å². The molecular formula is C19H10Br2N4S. The van der Waals surface area contributed by atoms with Crippen LogP contribution in [-0.4, -0.2) is 4.98 Å². The van der Waals surface area contributed by atoms with Gasteiger partial charge in [0.2, 0.25) is 0 Å². The number of nitrogens with two attached hydrogens (primary N) is 1. The van der Waals surface area contributed by atoms with Gasteiger partial charge in [-0.3, -0.25) is 0 Å². The molecule has 1 heterocycles. The first-order valence-corrected chi connectivity index (χ1v) is 9.76. The van der Waals surface area contributed by atoms with Gasteiger partial charge in [-0.25, -0.2) is 4.98 Å². The fourth-order valence-electron chi connectivity index (χ4n) is 2.39. The van der Waals surface area contributed by atoms with Gasteiger partial charge in [-0.2, -0.15) is 10.5 Å². The van der Waals surface area contributed by atoms with Gasteiger partial charge in [0.05, 0.1) is 5.56 Å². The van der Waals surface area contributed by atoms with E-state index in [-0.39, 0.29) is 11.4 Å². The van der Waals surface area contributed by atoms with Crippen LogP contribution in [-0.2, 0) is 0 Å². The van der Waals surface area contributed by atoms with Crippen LogP contribution in [0, 0.1) is 22.7 Å². The molecule has 2 aromatic carbocycles. The summed E-state index contributed by atoms with van der Waals surface area (Å²) in [6.45, 7) is 0. The average Bonchev–Trinajstić information content (AvgIpc) is 2.64. The summed E-state index contributed by atoms with van der Waals surface area (Å²) in [4.78, 5) is 5.23. The maximum atomic E-state index is 9.78. The fourth-order valence-corrected chi connectivity index (χ4v) is 3.81. The normalized spacial score (nSPS) is 10.2. The molecule has 0 aliphatic carbocycles. The van der Waals surface area contributed by atoms with Gasteiger partial charge in [0, 0.05) is 19.4 Å². The van der Waals surface area contributed by atoms with Crippen LogP contribution in [0.2, 0.25) is 0 Å². The lowest BCUT2D eigenvalue weighted by Crippen LogP contribution is -2.03. The number of hydrogen-bond acceptors (Lipinski definition) is 5. The quantitative estimate of drug-likeness (QED) is 0.510. The zero-order valence-corrected chi connectivity index (χ0v) is 17.2. The fraction of sp³-hybridized carbons (Fsp3) is 0. The monoisotopic (exact) mass is 484 g/mol. The van der Waals surface area contributed by atoms with Gasteiger partial charge in [-0.05, 0) is 42.0 Å². The third-order valence-corrected chi connectivity index (χ3v) is 5.63. The number of halogens is 2. The molecule has 126 valence electrons. The van der Waals surface area contributed by atoms with E-state index in [2.05, 4.69) is 49.0 Å². The summed E-state index contributed by atoms with van der Waals surface area (Å²) in [7, 11) is 0. The van der Waals surface area contributed by atoms with Crippen LogP contribution in [0.4, 0.5) is 5.82 Å². The van der Waals surface area contributed by atoms with Gasteiger partial charge in [0.25, 0.3) is 0 Å². The molecule has 0 aliphatic heterocycles. The zero-order valence-electron chi connectivity index (χ0n) is 13.2. The predicted molar refractivity (Wildman–Crippen MR) is 109 cm³/mol. The van der Waals surface area contributed by atoms with Crippen molar-refractivity contribution >= 4 is 49.4 Å². The molecule has 4 nitrogen and oxygen atoms in total. The maximum absolute atomic E-state index is 9.78. The van der Waals surface area contributed by atoms with Crippen LogP contribution in [0.3, 0.4) is 0 Å². The van der Waals surface area contributed by atoms with E-state index in [1.165, 1.54) is 11.8 Å². The Labute approximate surface area is 171 Å². The molecule has 1 aromatic heterocycles. The average molecular weight is 486 g/mol. The minimum Gasteiger partial charge on any atom is -0.383 e. The molecule has 0 saturated heterocycles. The van der Waals surface area contributed by atoms with Gasteiger partial charge in [-0.15, -0.1) is 0 Å². The van der Waals surface area contributed by atoms with Gasteiger partial charge < -0.3 is 5.73 Å². The summed E-state index contributed by atoms with van der Waals surface area (Å²) in [6, 6.07) is 19.4. The van der Waals surface area contributed by atoms with E-state index in [9.17, 15) is 10.5 Å². The Kier molecular flexibility index (Phi) is 5.63. The molecular weight excluding hydrogens is 476 g/mol. The first kappa shape index (κ1) is 18.5. The van der Waals surface area contributed by atoms with Gasteiger partial charge in [0.15, 0.2) is 0 Å². The molecule has 0 unspecified atom stereocenters. The number of nitriles is 2. The standard InChI is InChI=1S/C19H10Br2N4S/c20-12-3-1-11(2-4-12)17-15(9-22)18(24)25-19(16(17)10-23)26-14-7-5-13(21)6-8-14/h1-8H,(H2,24,25). The summed E-state index contributed by atoms with van der Waals surface area (Å²) in [5.74, 6) is 0.115. The Bertz CT molecular complexity index is 1050. The lowest BCUT2D eigenvalue weighted by Gasteiger charge is -2.13. The zero-order chi connectivity index (χ0) is 18.7. The van der Waals surface area contributed by atoms with E-state index >= 15 is 0 Å². The van der Waals surface area contributed by atoms with Crippen molar-refractivity contribution in [3.05, 3.63) is 68.6 Å². The first-order chi connectivity index (χ1) is 12.5. The largest absolute Gasteiger partial charge is 0.383 e. The third-order valence-electron chi connectivity index (χ3n) is 3.58. The second-order valence-corrected chi connectivity index (χ2v) is 8.11. The van der Waals surface area contributed by atoms with Crippen molar-refractivity contribution in [1.82, 2.24) is 4.98 Å². The number of rotatable bonds is 3. The summed E-state index contributed by atoms with van der Waals surface area (Å²) in [5.41, 5.74) is 7.83. The molecule has 0 bridgehead atoms. The predicted octanol–water partition coefficient (Wildman–Crippen LogP) is 5.75. The maximum Gasteiger partial charge on any atom is 0.143 e. The van der Waals surface area contributed by atoms with E-state index < -0.39 is 0 Å². The van der Waals surface area contributed by atoms with Crippen LogP contribution in [0.1, 0.15) is 11.1 Å². The summed E-state index contributed by atoms with van der Waals surface area (Å²) in [5, 5.41) is 19.8.